The van der Waals surface area contributed by atoms with Crippen LogP contribution in [0.2, 0.25) is 0 Å². The van der Waals surface area contributed by atoms with Crippen LogP contribution in [-0.4, -0.2) is 23.9 Å². The standard InChI is InChI=1S/C18H18FN3O2/c1-23-16-8-4-14(5-9-16)18-22-21-17(24-18)12-20-11-10-13-2-6-15(19)7-3-13/h2-9,20H,10-12H2,1H3. The number of rotatable bonds is 7. The summed E-state index contributed by atoms with van der Waals surface area (Å²) in [5.41, 5.74) is 1.93. The van der Waals surface area contributed by atoms with Crippen LogP contribution in [0.1, 0.15) is 11.5 Å². The molecule has 5 nitrogen and oxygen atoms in total. The fourth-order valence-electron chi connectivity index (χ4n) is 2.25. The quantitative estimate of drug-likeness (QED) is 0.675. The number of ether oxygens (including phenoxy) is 1. The van der Waals surface area contributed by atoms with Gasteiger partial charge >= 0.3 is 0 Å². The molecule has 0 aliphatic heterocycles. The molecule has 0 bridgehead atoms. The van der Waals surface area contributed by atoms with Crippen LogP contribution in [-0.2, 0) is 13.0 Å². The van der Waals surface area contributed by atoms with Crippen molar-refractivity contribution in [2.75, 3.05) is 13.7 Å². The summed E-state index contributed by atoms with van der Waals surface area (Å²) in [6, 6.07) is 13.9. The van der Waals surface area contributed by atoms with Gasteiger partial charge in [0.25, 0.3) is 0 Å². The van der Waals surface area contributed by atoms with Crippen molar-refractivity contribution < 1.29 is 13.5 Å². The van der Waals surface area contributed by atoms with E-state index < -0.39 is 0 Å². The average molecular weight is 327 g/mol. The minimum Gasteiger partial charge on any atom is -0.497 e. The number of nitrogens with one attached hydrogen (secondary N) is 1. The van der Waals surface area contributed by atoms with E-state index in [-0.39, 0.29) is 5.82 Å². The van der Waals surface area contributed by atoms with Crippen LogP contribution in [0.15, 0.2) is 52.9 Å². The highest BCUT2D eigenvalue weighted by atomic mass is 19.1. The van der Waals surface area contributed by atoms with Gasteiger partial charge < -0.3 is 14.5 Å². The number of methoxy groups -OCH3 is 1. The van der Waals surface area contributed by atoms with E-state index in [4.69, 9.17) is 9.15 Å². The highest BCUT2D eigenvalue weighted by Gasteiger charge is 2.08. The van der Waals surface area contributed by atoms with Gasteiger partial charge in [0.2, 0.25) is 11.8 Å². The third-order valence-electron chi connectivity index (χ3n) is 3.58. The molecular weight excluding hydrogens is 309 g/mol. The van der Waals surface area contributed by atoms with Gasteiger partial charge in [0.15, 0.2) is 0 Å². The van der Waals surface area contributed by atoms with Gasteiger partial charge in [0.05, 0.1) is 13.7 Å². The van der Waals surface area contributed by atoms with Crippen molar-refractivity contribution in [2.24, 2.45) is 0 Å². The fraction of sp³-hybridized carbons (Fsp3) is 0.222. The first kappa shape index (κ1) is 16.1. The largest absolute Gasteiger partial charge is 0.497 e. The summed E-state index contributed by atoms with van der Waals surface area (Å²) in [6.45, 7) is 1.23. The Morgan fingerprint density at radius 1 is 1.04 bits per heavy atom. The Kier molecular flexibility index (Phi) is 5.18. The summed E-state index contributed by atoms with van der Waals surface area (Å²) in [5, 5.41) is 11.3. The zero-order chi connectivity index (χ0) is 16.8. The van der Waals surface area contributed by atoms with Crippen molar-refractivity contribution >= 4 is 0 Å². The van der Waals surface area contributed by atoms with Crippen molar-refractivity contribution in [3.05, 3.63) is 65.8 Å². The Morgan fingerprint density at radius 3 is 2.50 bits per heavy atom. The predicted octanol–water partition coefficient (Wildman–Crippen LogP) is 3.22. The fourth-order valence-corrected chi connectivity index (χ4v) is 2.25. The number of benzene rings is 2. The summed E-state index contributed by atoms with van der Waals surface area (Å²) in [4.78, 5) is 0. The molecule has 1 N–H and O–H groups in total. The third kappa shape index (κ3) is 4.17. The molecule has 0 spiro atoms. The van der Waals surface area contributed by atoms with Gasteiger partial charge in [-0.1, -0.05) is 12.1 Å². The molecule has 0 atom stereocenters. The maximum atomic E-state index is 12.8. The number of aromatic nitrogens is 2. The Labute approximate surface area is 139 Å². The Bertz CT molecular complexity index is 770. The van der Waals surface area contributed by atoms with Gasteiger partial charge in [0.1, 0.15) is 11.6 Å². The van der Waals surface area contributed by atoms with E-state index >= 15 is 0 Å². The van der Waals surface area contributed by atoms with Crippen LogP contribution in [0, 0.1) is 5.82 Å². The van der Waals surface area contributed by atoms with Crippen molar-refractivity contribution in [1.82, 2.24) is 15.5 Å². The molecule has 0 amide bonds. The lowest BCUT2D eigenvalue weighted by molar-refractivity contribution is 0.415. The molecule has 2 aromatic carbocycles. The van der Waals surface area contributed by atoms with E-state index in [0.717, 1.165) is 29.8 Å². The molecule has 3 aromatic rings. The van der Waals surface area contributed by atoms with Crippen molar-refractivity contribution in [1.29, 1.82) is 0 Å². The summed E-state index contributed by atoms with van der Waals surface area (Å²) in [6.07, 6.45) is 0.805. The number of nitrogens with zero attached hydrogens (tertiary/aromatic N) is 2. The molecule has 3 rings (SSSR count). The first-order valence-electron chi connectivity index (χ1n) is 7.66. The maximum absolute atomic E-state index is 12.8. The number of hydrogen-bond acceptors (Lipinski definition) is 5. The average Bonchev–Trinajstić information content (AvgIpc) is 3.09. The maximum Gasteiger partial charge on any atom is 0.247 e. The molecule has 0 aliphatic carbocycles. The van der Waals surface area contributed by atoms with Gasteiger partial charge in [0, 0.05) is 5.56 Å². The SMILES string of the molecule is COc1ccc(-c2nnc(CNCCc3ccc(F)cc3)o2)cc1. The van der Waals surface area contributed by atoms with Crippen molar-refractivity contribution in [3.8, 4) is 17.2 Å². The molecule has 1 aromatic heterocycles. The van der Waals surface area contributed by atoms with E-state index in [0.29, 0.717) is 18.3 Å². The molecule has 1 heterocycles. The second kappa shape index (κ2) is 7.70. The van der Waals surface area contributed by atoms with Gasteiger partial charge in [-0.2, -0.15) is 0 Å². The smallest absolute Gasteiger partial charge is 0.247 e. The van der Waals surface area contributed by atoms with E-state index in [1.165, 1.54) is 12.1 Å². The van der Waals surface area contributed by atoms with Crippen LogP contribution in [0.4, 0.5) is 4.39 Å². The lowest BCUT2D eigenvalue weighted by atomic mass is 10.1. The third-order valence-corrected chi connectivity index (χ3v) is 3.58. The van der Waals surface area contributed by atoms with E-state index in [1.807, 2.05) is 24.3 Å². The van der Waals surface area contributed by atoms with E-state index in [2.05, 4.69) is 15.5 Å². The lowest BCUT2D eigenvalue weighted by Crippen LogP contribution is -2.16. The highest BCUT2D eigenvalue weighted by Crippen LogP contribution is 2.21. The second-order valence-corrected chi connectivity index (χ2v) is 5.28. The molecule has 0 unspecified atom stereocenters. The van der Waals surface area contributed by atoms with Crippen LogP contribution < -0.4 is 10.1 Å². The minimum atomic E-state index is -0.219. The van der Waals surface area contributed by atoms with Crippen LogP contribution in [0.5, 0.6) is 5.75 Å². The zero-order valence-electron chi connectivity index (χ0n) is 13.3. The van der Waals surface area contributed by atoms with Gasteiger partial charge in [-0.25, -0.2) is 4.39 Å². The number of halogens is 1. The lowest BCUT2D eigenvalue weighted by Gasteiger charge is -2.02. The molecule has 0 saturated heterocycles. The normalized spacial score (nSPS) is 10.8. The molecule has 6 heteroatoms. The molecular formula is C18H18FN3O2. The van der Waals surface area contributed by atoms with E-state index in [9.17, 15) is 4.39 Å². The molecule has 0 fully saturated rings. The summed E-state index contributed by atoms with van der Waals surface area (Å²) < 4.78 is 23.6. The van der Waals surface area contributed by atoms with Crippen LogP contribution in [0.25, 0.3) is 11.5 Å². The number of hydrogen-bond donors (Lipinski definition) is 1. The van der Waals surface area contributed by atoms with Crippen LogP contribution in [0.3, 0.4) is 0 Å². The van der Waals surface area contributed by atoms with Gasteiger partial charge in [-0.05, 0) is 54.9 Å². The Hall–Kier alpha value is -2.73. The molecule has 24 heavy (non-hydrogen) atoms. The summed E-state index contributed by atoms with van der Waals surface area (Å²) in [7, 11) is 1.62. The highest BCUT2D eigenvalue weighted by molar-refractivity contribution is 5.53. The topological polar surface area (TPSA) is 60.2 Å². The van der Waals surface area contributed by atoms with Crippen molar-refractivity contribution in [2.45, 2.75) is 13.0 Å². The van der Waals surface area contributed by atoms with E-state index in [1.54, 1.807) is 19.2 Å². The first-order valence-corrected chi connectivity index (χ1v) is 7.66. The Morgan fingerprint density at radius 2 is 1.79 bits per heavy atom. The molecule has 0 saturated carbocycles. The zero-order valence-corrected chi connectivity index (χ0v) is 13.3. The van der Waals surface area contributed by atoms with Gasteiger partial charge in [-0.3, -0.25) is 0 Å². The Balaban J connectivity index is 1.49. The minimum absolute atomic E-state index is 0.219. The molecule has 0 radical (unpaired) electrons. The summed E-state index contributed by atoms with van der Waals surface area (Å²) >= 11 is 0. The molecule has 0 aliphatic rings. The monoisotopic (exact) mass is 327 g/mol. The van der Waals surface area contributed by atoms with Crippen molar-refractivity contribution in [3.63, 3.8) is 0 Å². The predicted molar refractivity (Wildman–Crippen MR) is 88.1 cm³/mol. The second-order valence-electron chi connectivity index (χ2n) is 5.28. The van der Waals surface area contributed by atoms with Crippen LogP contribution >= 0.6 is 0 Å². The first-order chi connectivity index (χ1) is 11.7. The van der Waals surface area contributed by atoms with Gasteiger partial charge in [-0.15, -0.1) is 10.2 Å². The summed E-state index contributed by atoms with van der Waals surface area (Å²) in [5.74, 6) is 1.57. The molecule has 124 valence electrons.